The topological polar surface area (TPSA) is 16.4 Å². The third-order valence-corrected chi connectivity index (χ3v) is 9.50. The molecular weight excluding hydrogens is 607 g/mol. The van der Waals surface area contributed by atoms with Gasteiger partial charge >= 0.3 is 0 Å². The lowest BCUT2D eigenvalue weighted by atomic mass is 9.87. The monoisotopic (exact) mass is 639 g/mol. The second kappa shape index (κ2) is 12.8. The van der Waals surface area contributed by atoms with Gasteiger partial charge in [0.2, 0.25) is 0 Å². The van der Waals surface area contributed by atoms with E-state index in [2.05, 4.69) is 193 Å². The number of fused-ring (bicyclic) bond motifs is 3. The van der Waals surface area contributed by atoms with Crippen LogP contribution in [0.1, 0.15) is 0 Å². The summed E-state index contributed by atoms with van der Waals surface area (Å²) in [5.41, 5.74) is 14.3. The van der Waals surface area contributed by atoms with Gasteiger partial charge in [0.15, 0.2) is 0 Å². The van der Waals surface area contributed by atoms with Gasteiger partial charge in [0.05, 0.1) is 5.69 Å². The zero-order valence-corrected chi connectivity index (χ0v) is 27.4. The first-order chi connectivity index (χ1) is 24.8. The molecule has 0 amide bonds. The van der Waals surface area contributed by atoms with Crippen molar-refractivity contribution in [2.45, 2.75) is 0 Å². The molecule has 0 N–H and O–H groups in total. The van der Waals surface area contributed by atoms with E-state index in [1.807, 2.05) is 12.1 Å². The van der Waals surface area contributed by atoms with Gasteiger partial charge in [-0.2, -0.15) is 0 Å². The highest BCUT2D eigenvalue weighted by atomic mass is 16.3. The number of hydrogen-bond donors (Lipinski definition) is 0. The maximum absolute atomic E-state index is 6.45. The molecule has 0 saturated carbocycles. The highest BCUT2D eigenvalue weighted by molar-refractivity contribution is 6.07. The molecule has 1 aromatic heterocycles. The smallest absolute Gasteiger partial charge is 0.137 e. The molecular formula is C48H33NO. The Bertz CT molecular complexity index is 2570. The van der Waals surface area contributed by atoms with E-state index in [0.29, 0.717) is 0 Å². The minimum Gasteiger partial charge on any atom is -0.456 e. The van der Waals surface area contributed by atoms with Crippen molar-refractivity contribution in [3.8, 4) is 44.5 Å². The standard InChI is InChI=1S/C48H33NO/c1-4-15-34(16-5-1)35-27-29-38(30-28-35)49(39-31-32-43-42-22-12-13-26-46(42)50-47(43)33-39)45-25-14-24-41(37-19-8-3-9-20-37)48(45)44-23-11-10-21-40(44)36-17-6-2-7-18-36/h1-33H. The Morgan fingerprint density at radius 3 is 1.56 bits per heavy atom. The van der Waals surface area contributed by atoms with Crippen LogP contribution in [0.15, 0.2) is 205 Å². The van der Waals surface area contributed by atoms with Crippen molar-refractivity contribution in [2.75, 3.05) is 4.90 Å². The molecule has 0 fully saturated rings. The molecule has 2 nitrogen and oxygen atoms in total. The molecule has 50 heavy (non-hydrogen) atoms. The van der Waals surface area contributed by atoms with Crippen molar-refractivity contribution in [1.29, 1.82) is 0 Å². The molecule has 0 radical (unpaired) electrons. The molecule has 9 rings (SSSR count). The Morgan fingerprint density at radius 2 is 0.840 bits per heavy atom. The van der Waals surface area contributed by atoms with Gasteiger partial charge in [-0.05, 0) is 75.3 Å². The van der Waals surface area contributed by atoms with E-state index in [4.69, 9.17) is 4.42 Å². The Balaban J connectivity index is 1.32. The highest BCUT2D eigenvalue weighted by Crippen LogP contribution is 2.48. The first kappa shape index (κ1) is 29.5. The van der Waals surface area contributed by atoms with Crippen LogP contribution in [0.4, 0.5) is 17.1 Å². The van der Waals surface area contributed by atoms with Crippen molar-refractivity contribution in [3.05, 3.63) is 200 Å². The molecule has 0 unspecified atom stereocenters. The third kappa shape index (κ3) is 5.34. The van der Waals surface area contributed by atoms with Crippen molar-refractivity contribution in [3.63, 3.8) is 0 Å². The Morgan fingerprint density at radius 1 is 0.320 bits per heavy atom. The molecule has 0 saturated heterocycles. The van der Waals surface area contributed by atoms with Crippen LogP contribution in [0.5, 0.6) is 0 Å². The fraction of sp³-hybridized carbons (Fsp3) is 0. The zero-order valence-electron chi connectivity index (χ0n) is 27.4. The van der Waals surface area contributed by atoms with Gasteiger partial charge < -0.3 is 9.32 Å². The molecule has 2 heteroatoms. The van der Waals surface area contributed by atoms with Gasteiger partial charge in [0.1, 0.15) is 11.2 Å². The molecule has 0 aliphatic carbocycles. The Labute approximate surface area is 292 Å². The van der Waals surface area contributed by atoms with E-state index in [-0.39, 0.29) is 0 Å². The summed E-state index contributed by atoms with van der Waals surface area (Å²) >= 11 is 0. The van der Waals surface area contributed by atoms with Gasteiger partial charge in [-0.25, -0.2) is 0 Å². The molecule has 9 aromatic rings. The first-order valence-electron chi connectivity index (χ1n) is 17.0. The number of furan rings is 1. The van der Waals surface area contributed by atoms with Crippen LogP contribution < -0.4 is 4.90 Å². The lowest BCUT2D eigenvalue weighted by Crippen LogP contribution is -2.12. The maximum atomic E-state index is 6.45. The third-order valence-electron chi connectivity index (χ3n) is 9.50. The van der Waals surface area contributed by atoms with E-state index in [1.54, 1.807) is 0 Å². The van der Waals surface area contributed by atoms with Crippen LogP contribution in [0.3, 0.4) is 0 Å². The molecule has 8 aromatic carbocycles. The number of benzene rings is 8. The number of hydrogen-bond acceptors (Lipinski definition) is 2. The zero-order chi connectivity index (χ0) is 33.3. The second-order valence-electron chi connectivity index (χ2n) is 12.5. The van der Waals surface area contributed by atoms with Crippen molar-refractivity contribution in [1.82, 2.24) is 0 Å². The van der Waals surface area contributed by atoms with Crippen LogP contribution in [0.25, 0.3) is 66.4 Å². The molecule has 0 atom stereocenters. The summed E-state index contributed by atoms with van der Waals surface area (Å²) in [6.07, 6.45) is 0. The predicted molar refractivity (Wildman–Crippen MR) is 210 cm³/mol. The summed E-state index contributed by atoms with van der Waals surface area (Å²) in [5.74, 6) is 0. The number of nitrogens with zero attached hydrogens (tertiary/aromatic N) is 1. The lowest BCUT2D eigenvalue weighted by molar-refractivity contribution is 0.669. The fourth-order valence-corrected chi connectivity index (χ4v) is 7.15. The Hall–Kier alpha value is -6.64. The largest absolute Gasteiger partial charge is 0.456 e. The predicted octanol–water partition coefficient (Wildman–Crippen LogP) is 13.7. The van der Waals surface area contributed by atoms with E-state index in [9.17, 15) is 0 Å². The van der Waals surface area contributed by atoms with E-state index in [0.717, 1.165) is 44.6 Å². The maximum Gasteiger partial charge on any atom is 0.137 e. The summed E-state index contributed by atoms with van der Waals surface area (Å²) < 4.78 is 6.45. The van der Waals surface area contributed by atoms with E-state index < -0.39 is 0 Å². The summed E-state index contributed by atoms with van der Waals surface area (Å²) in [5, 5.41) is 2.23. The number of rotatable bonds is 7. The van der Waals surface area contributed by atoms with Crippen LogP contribution in [-0.2, 0) is 0 Å². The van der Waals surface area contributed by atoms with Crippen LogP contribution in [0, 0.1) is 0 Å². The first-order valence-corrected chi connectivity index (χ1v) is 17.0. The normalized spacial score (nSPS) is 11.2. The summed E-state index contributed by atoms with van der Waals surface area (Å²) in [6.45, 7) is 0. The molecule has 0 spiro atoms. The molecule has 236 valence electrons. The minimum atomic E-state index is 0.861. The van der Waals surface area contributed by atoms with Crippen molar-refractivity contribution >= 4 is 39.0 Å². The van der Waals surface area contributed by atoms with Gasteiger partial charge in [0, 0.05) is 33.8 Å². The van der Waals surface area contributed by atoms with Crippen LogP contribution >= 0.6 is 0 Å². The summed E-state index contributed by atoms with van der Waals surface area (Å²) in [4.78, 5) is 2.38. The second-order valence-corrected chi connectivity index (χ2v) is 12.5. The van der Waals surface area contributed by atoms with Gasteiger partial charge in [-0.3, -0.25) is 0 Å². The average molecular weight is 640 g/mol. The van der Waals surface area contributed by atoms with Crippen LogP contribution in [-0.4, -0.2) is 0 Å². The SMILES string of the molecule is c1ccc(-c2ccc(N(c3ccc4c(c3)oc3ccccc34)c3cccc(-c4ccccc4)c3-c3ccccc3-c3ccccc3)cc2)cc1. The van der Waals surface area contributed by atoms with Gasteiger partial charge in [-0.1, -0.05) is 158 Å². The molecule has 0 aliphatic heterocycles. The lowest BCUT2D eigenvalue weighted by Gasteiger charge is -2.30. The average Bonchev–Trinajstić information content (AvgIpc) is 3.57. The van der Waals surface area contributed by atoms with Gasteiger partial charge in [-0.15, -0.1) is 0 Å². The molecule has 1 heterocycles. The van der Waals surface area contributed by atoms with Crippen molar-refractivity contribution < 1.29 is 4.42 Å². The number of para-hydroxylation sites is 1. The number of anilines is 3. The van der Waals surface area contributed by atoms with E-state index >= 15 is 0 Å². The highest BCUT2D eigenvalue weighted by Gasteiger charge is 2.23. The van der Waals surface area contributed by atoms with E-state index in [1.165, 1.54) is 38.9 Å². The fourth-order valence-electron chi connectivity index (χ4n) is 7.15. The summed E-state index contributed by atoms with van der Waals surface area (Å²) in [6, 6.07) is 71.1. The molecule has 0 aliphatic rings. The summed E-state index contributed by atoms with van der Waals surface area (Å²) in [7, 11) is 0. The van der Waals surface area contributed by atoms with Crippen molar-refractivity contribution in [2.24, 2.45) is 0 Å². The quantitative estimate of drug-likeness (QED) is 0.173. The Kier molecular flexibility index (Phi) is 7.53. The molecule has 0 bridgehead atoms. The minimum absolute atomic E-state index is 0.861. The van der Waals surface area contributed by atoms with Crippen LogP contribution in [0.2, 0.25) is 0 Å². The van der Waals surface area contributed by atoms with Gasteiger partial charge in [0.25, 0.3) is 0 Å².